The number of nitrogens with zero attached hydrogens (tertiary/aromatic N) is 2. The summed E-state index contributed by atoms with van der Waals surface area (Å²) in [5.74, 6) is -2.45. The highest BCUT2D eigenvalue weighted by molar-refractivity contribution is 6.17. The molecule has 2 heterocycles. The predicted molar refractivity (Wildman–Crippen MR) is 74.8 cm³/mol. The minimum Gasteiger partial charge on any atom is -0.477 e. The molecule has 0 unspecified atom stereocenters. The van der Waals surface area contributed by atoms with Crippen LogP contribution in [0.1, 0.15) is 22.8 Å². The quantitative estimate of drug-likeness (QED) is 0.753. The van der Waals surface area contributed by atoms with E-state index in [0.29, 0.717) is 17.6 Å². The Bertz CT molecular complexity index is 841. The average Bonchev–Trinajstić information content (AvgIpc) is 2.92. The molecule has 0 bridgehead atoms. The number of carbonyl (C=O) groups excluding carboxylic acids is 1. The molecule has 0 atom stereocenters. The third kappa shape index (κ3) is 2.20. The monoisotopic (exact) mass is 303 g/mol. The van der Waals surface area contributed by atoms with Crippen LogP contribution in [0, 0.1) is 11.6 Å². The molecule has 0 spiro atoms. The molecule has 0 amide bonds. The number of rotatable bonds is 4. The standard InChI is InChI=1S/C15H11F2N3O2/c1-2-22-15-11-8(6-18-14(11)19-7-20-15)13(21)12-9(16)4-3-5-10(12)17/h3-7H,2H2,1H3,(H,18,19,20). The lowest BCUT2D eigenvalue weighted by Crippen LogP contribution is -2.07. The summed E-state index contributed by atoms with van der Waals surface area (Å²) in [7, 11) is 0. The normalized spacial score (nSPS) is 10.9. The van der Waals surface area contributed by atoms with Gasteiger partial charge in [-0.1, -0.05) is 6.07 Å². The number of ketones is 1. The van der Waals surface area contributed by atoms with E-state index in [1.807, 2.05) is 0 Å². The molecule has 2 aromatic heterocycles. The van der Waals surface area contributed by atoms with Crippen molar-refractivity contribution in [2.24, 2.45) is 0 Å². The molecule has 22 heavy (non-hydrogen) atoms. The highest BCUT2D eigenvalue weighted by Crippen LogP contribution is 2.28. The van der Waals surface area contributed by atoms with Crippen LogP contribution in [0.2, 0.25) is 0 Å². The van der Waals surface area contributed by atoms with E-state index < -0.39 is 23.0 Å². The maximum absolute atomic E-state index is 13.8. The zero-order chi connectivity index (χ0) is 15.7. The molecule has 0 fully saturated rings. The van der Waals surface area contributed by atoms with Gasteiger partial charge in [-0.05, 0) is 19.1 Å². The molecule has 1 aromatic carbocycles. The summed E-state index contributed by atoms with van der Waals surface area (Å²) in [5, 5.41) is 0.303. The van der Waals surface area contributed by atoms with Gasteiger partial charge in [-0.3, -0.25) is 4.79 Å². The van der Waals surface area contributed by atoms with Crippen molar-refractivity contribution in [2.75, 3.05) is 6.61 Å². The number of H-pyrrole nitrogens is 1. The Morgan fingerprint density at radius 1 is 1.27 bits per heavy atom. The van der Waals surface area contributed by atoms with Gasteiger partial charge in [-0.2, -0.15) is 0 Å². The molecule has 112 valence electrons. The first-order valence-corrected chi connectivity index (χ1v) is 6.57. The fraction of sp³-hybridized carbons (Fsp3) is 0.133. The van der Waals surface area contributed by atoms with Crippen molar-refractivity contribution < 1.29 is 18.3 Å². The van der Waals surface area contributed by atoms with Crippen LogP contribution in [0.25, 0.3) is 11.0 Å². The van der Waals surface area contributed by atoms with Gasteiger partial charge >= 0.3 is 0 Å². The Morgan fingerprint density at radius 2 is 2.00 bits per heavy atom. The first-order valence-electron chi connectivity index (χ1n) is 6.57. The minimum atomic E-state index is -0.922. The van der Waals surface area contributed by atoms with Crippen LogP contribution in [0.15, 0.2) is 30.7 Å². The lowest BCUT2D eigenvalue weighted by atomic mass is 10.0. The van der Waals surface area contributed by atoms with Gasteiger partial charge in [0, 0.05) is 6.20 Å². The molecule has 0 aliphatic heterocycles. The SMILES string of the molecule is CCOc1ncnc2[nH]cc(C(=O)c3c(F)cccc3F)c12. The largest absolute Gasteiger partial charge is 0.477 e. The highest BCUT2D eigenvalue weighted by atomic mass is 19.1. The van der Waals surface area contributed by atoms with Crippen molar-refractivity contribution in [1.29, 1.82) is 0 Å². The number of hydrogen-bond acceptors (Lipinski definition) is 4. The molecule has 0 saturated carbocycles. The van der Waals surface area contributed by atoms with E-state index in [1.54, 1.807) is 6.92 Å². The van der Waals surface area contributed by atoms with Crippen molar-refractivity contribution in [1.82, 2.24) is 15.0 Å². The number of halogens is 2. The van der Waals surface area contributed by atoms with E-state index >= 15 is 0 Å². The van der Waals surface area contributed by atoms with Crippen molar-refractivity contribution in [3.05, 3.63) is 53.5 Å². The summed E-state index contributed by atoms with van der Waals surface area (Å²) < 4.78 is 33.0. The number of aromatic amines is 1. The molecule has 3 rings (SSSR count). The zero-order valence-corrected chi connectivity index (χ0v) is 11.6. The average molecular weight is 303 g/mol. The fourth-order valence-electron chi connectivity index (χ4n) is 2.21. The van der Waals surface area contributed by atoms with Crippen LogP contribution >= 0.6 is 0 Å². The van der Waals surface area contributed by atoms with E-state index in [9.17, 15) is 13.6 Å². The molecule has 3 aromatic rings. The van der Waals surface area contributed by atoms with Gasteiger partial charge in [-0.25, -0.2) is 18.7 Å². The maximum Gasteiger partial charge on any atom is 0.226 e. The molecule has 0 aliphatic carbocycles. The zero-order valence-electron chi connectivity index (χ0n) is 11.6. The highest BCUT2D eigenvalue weighted by Gasteiger charge is 2.24. The molecule has 7 heteroatoms. The number of aromatic nitrogens is 3. The molecule has 0 aliphatic rings. The van der Waals surface area contributed by atoms with Gasteiger partial charge in [0.1, 0.15) is 23.6 Å². The maximum atomic E-state index is 13.8. The number of fused-ring (bicyclic) bond motifs is 1. The summed E-state index contributed by atoms with van der Waals surface area (Å²) in [4.78, 5) is 23.2. The Morgan fingerprint density at radius 3 is 2.68 bits per heavy atom. The van der Waals surface area contributed by atoms with Gasteiger partial charge in [-0.15, -0.1) is 0 Å². The molecular formula is C15H11F2N3O2. The Balaban J connectivity index is 2.20. The van der Waals surface area contributed by atoms with E-state index in [-0.39, 0.29) is 11.4 Å². The van der Waals surface area contributed by atoms with Crippen molar-refractivity contribution in [3.8, 4) is 5.88 Å². The summed E-state index contributed by atoms with van der Waals surface area (Å²) in [6, 6.07) is 3.27. The van der Waals surface area contributed by atoms with Crippen LogP contribution in [-0.4, -0.2) is 27.3 Å². The lowest BCUT2D eigenvalue weighted by Gasteiger charge is -2.06. The van der Waals surface area contributed by atoms with E-state index in [0.717, 1.165) is 12.1 Å². The molecule has 0 radical (unpaired) electrons. The Labute approximate surface area is 124 Å². The minimum absolute atomic E-state index is 0.0584. The van der Waals surface area contributed by atoms with Crippen LogP contribution < -0.4 is 4.74 Å². The molecular weight excluding hydrogens is 292 g/mol. The number of nitrogens with one attached hydrogen (secondary N) is 1. The number of ether oxygens (including phenoxy) is 1. The van der Waals surface area contributed by atoms with Gasteiger partial charge in [0.05, 0.1) is 23.1 Å². The Hall–Kier alpha value is -2.83. The van der Waals surface area contributed by atoms with Crippen molar-refractivity contribution >= 4 is 16.8 Å². The van der Waals surface area contributed by atoms with Gasteiger partial charge in [0.25, 0.3) is 0 Å². The van der Waals surface area contributed by atoms with E-state index in [2.05, 4.69) is 15.0 Å². The van der Waals surface area contributed by atoms with Crippen molar-refractivity contribution in [3.63, 3.8) is 0 Å². The number of hydrogen-bond donors (Lipinski definition) is 1. The Kier molecular flexibility index (Phi) is 3.54. The summed E-state index contributed by atoms with van der Waals surface area (Å²) in [6.07, 6.45) is 2.62. The topological polar surface area (TPSA) is 67.9 Å². The van der Waals surface area contributed by atoms with Gasteiger partial charge in [0.2, 0.25) is 11.7 Å². The van der Waals surface area contributed by atoms with Gasteiger partial charge in [0.15, 0.2) is 0 Å². The third-order valence-corrected chi connectivity index (χ3v) is 3.15. The van der Waals surface area contributed by atoms with E-state index in [1.165, 1.54) is 18.6 Å². The van der Waals surface area contributed by atoms with Crippen LogP contribution in [0.4, 0.5) is 8.78 Å². The van der Waals surface area contributed by atoms with Crippen LogP contribution in [0.3, 0.4) is 0 Å². The third-order valence-electron chi connectivity index (χ3n) is 3.15. The van der Waals surface area contributed by atoms with Crippen LogP contribution in [0.5, 0.6) is 5.88 Å². The predicted octanol–water partition coefficient (Wildman–Crippen LogP) is 2.87. The first-order chi connectivity index (χ1) is 10.6. The second kappa shape index (κ2) is 5.51. The summed E-state index contributed by atoms with van der Waals surface area (Å²) in [6.45, 7) is 2.09. The first kappa shape index (κ1) is 14.1. The smallest absolute Gasteiger partial charge is 0.226 e. The molecule has 5 nitrogen and oxygen atoms in total. The summed E-state index contributed by atoms with van der Waals surface area (Å²) in [5.41, 5.74) is -0.198. The van der Waals surface area contributed by atoms with Gasteiger partial charge < -0.3 is 9.72 Å². The lowest BCUT2D eigenvalue weighted by molar-refractivity contribution is 0.103. The van der Waals surface area contributed by atoms with Crippen LogP contribution in [-0.2, 0) is 0 Å². The van der Waals surface area contributed by atoms with Crippen molar-refractivity contribution in [2.45, 2.75) is 6.92 Å². The number of benzene rings is 1. The molecule has 1 N–H and O–H groups in total. The molecule has 0 saturated heterocycles. The second-order valence-electron chi connectivity index (χ2n) is 4.46. The second-order valence-corrected chi connectivity index (χ2v) is 4.46. The number of carbonyl (C=O) groups is 1. The summed E-state index contributed by atoms with van der Waals surface area (Å²) >= 11 is 0. The van der Waals surface area contributed by atoms with E-state index in [4.69, 9.17) is 4.74 Å². The fourth-order valence-corrected chi connectivity index (χ4v) is 2.21.